The maximum Gasteiger partial charge on any atom is 0.123 e. The van der Waals surface area contributed by atoms with Crippen molar-refractivity contribution >= 4 is 21.6 Å². The summed E-state index contributed by atoms with van der Waals surface area (Å²) in [6.07, 6.45) is 0. The fourth-order valence-electron chi connectivity index (χ4n) is 1.00. The van der Waals surface area contributed by atoms with Gasteiger partial charge in [0.05, 0.1) is 6.61 Å². The Hall–Kier alpha value is -0.700. The Morgan fingerprint density at radius 2 is 2.25 bits per heavy atom. The zero-order valence-corrected chi connectivity index (χ0v) is 8.60. The van der Waals surface area contributed by atoms with E-state index in [2.05, 4.69) is 15.9 Å². The van der Waals surface area contributed by atoms with Crippen LogP contribution in [0, 0.1) is 0 Å². The highest BCUT2D eigenvalue weighted by atomic mass is 79.9. The van der Waals surface area contributed by atoms with Gasteiger partial charge in [0.25, 0.3) is 0 Å². The van der Waals surface area contributed by atoms with Crippen molar-refractivity contribution in [2.75, 3.05) is 12.3 Å². The molecule has 0 saturated heterocycles. The van der Waals surface area contributed by atoms with Gasteiger partial charge in [-0.3, -0.25) is 0 Å². The van der Waals surface area contributed by atoms with E-state index < -0.39 is 0 Å². The normalized spacial score (nSPS) is 9.83. The predicted octanol–water partition coefficient (Wildman–Crippen LogP) is 2.56. The van der Waals surface area contributed by atoms with Gasteiger partial charge in [0.2, 0.25) is 0 Å². The standard InChI is InChI=1S/C9H12BrNO/c1-2-12-9-4-3-8(11)5-7(9)6-10/h3-5H,2,6,11H2,1H3. The first-order chi connectivity index (χ1) is 5.77. The summed E-state index contributed by atoms with van der Waals surface area (Å²) in [7, 11) is 0. The highest BCUT2D eigenvalue weighted by Gasteiger charge is 2.01. The zero-order valence-electron chi connectivity index (χ0n) is 7.01. The second-order valence-electron chi connectivity index (χ2n) is 2.43. The average molecular weight is 230 g/mol. The number of hydrogen-bond donors (Lipinski definition) is 1. The molecule has 2 N–H and O–H groups in total. The lowest BCUT2D eigenvalue weighted by atomic mass is 10.2. The number of rotatable bonds is 3. The van der Waals surface area contributed by atoms with Crippen LogP contribution in [0.25, 0.3) is 0 Å². The molecule has 0 unspecified atom stereocenters. The summed E-state index contributed by atoms with van der Waals surface area (Å²) >= 11 is 3.38. The third-order valence-corrected chi connectivity index (χ3v) is 2.13. The minimum Gasteiger partial charge on any atom is -0.494 e. The second-order valence-corrected chi connectivity index (χ2v) is 2.99. The molecule has 0 spiro atoms. The van der Waals surface area contributed by atoms with Crippen molar-refractivity contribution in [2.45, 2.75) is 12.3 Å². The molecule has 2 nitrogen and oxygen atoms in total. The van der Waals surface area contributed by atoms with E-state index in [1.54, 1.807) is 0 Å². The van der Waals surface area contributed by atoms with Gasteiger partial charge in [-0.15, -0.1) is 0 Å². The highest BCUT2D eigenvalue weighted by molar-refractivity contribution is 9.08. The molecule has 12 heavy (non-hydrogen) atoms. The molecule has 0 aromatic heterocycles. The van der Waals surface area contributed by atoms with Crippen LogP contribution in [0.4, 0.5) is 5.69 Å². The fraction of sp³-hybridized carbons (Fsp3) is 0.333. The predicted molar refractivity (Wildman–Crippen MR) is 54.7 cm³/mol. The Morgan fingerprint density at radius 1 is 1.50 bits per heavy atom. The smallest absolute Gasteiger partial charge is 0.123 e. The Bertz CT molecular complexity index is 263. The van der Waals surface area contributed by atoms with Crippen molar-refractivity contribution < 1.29 is 4.74 Å². The zero-order chi connectivity index (χ0) is 8.97. The molecule has 0 heterocycles. The lowest BCUT2D eigenvalue weighted by Gasteiger charge is -2.08. The number of nitrogens with two attached hydrogens (primary N) is 1. The van der Waals surface area contributed by atoms with Crippen LogP contribution in [0.5, 0.6) is 5.75 Å². The lowest BCUT2D eigenvalue weighted by Crippen LogP contribution is -1.96. The molecule has 0 atom stereocenters. The fourth-order valence-corrected chi connectivity index (χ4v) is 1.44. The maximum atomic E-state index is 5.62. The van der Waals surface area contributed by atoms with E-state index in [1.165, 1.54) is 0 Å². The van der Waals surface area contributed by atoms with Gasteiger partial charge in [-0.05, 0) is 25.1 Å². The van der Waals surface area contributed by atoms with Crippen molar-refractivity contribution in [1.82, 2.24) is 0 Å². The number of halogens is 1. The highest BCUT2D eigenvalue weighted by Crippen LogP contribution is 2.23. The van der Waals surface area contributed by atoms with Crippen molar-refractivity contribution in [3.8, 4) is 5.75 Å². The van der Waals surface area contributed by atoms with Crippen LogP contribution in [-0.2, 0) is 5.33 Å². The SMILES string of the molecule is CCOc1ccc(N)cc1CBr. The van der Waals surface area contributed by atoms with Gasteiger partial charge >= 0.3 is 0 Å². The Morgan fingerprint density at radius 3 is 2.83 bits per heavy atom. The van der Waals surface area contributed by atoms with E-state index in [-0.39, 0.29) is 0 Å². The van der Waals surface area contributed by atoms with Gasteiger partial charge in [-0.1, -0.05) is 15.9 Å². The minimum atomic E-state index is 0.684. The van der Waals surface area contributed by atoms with E-state index in [0.29, 0.717) is 6.61 Å². The van der Waals surface area contributed by atoms with Crippen molar-refractivity contribution in [3.63, 3.8) is 0 Å². The number of ether oxygens (including phenoxy) is 1. The Labute approximate surface area is 80.8 Å². The first-order valence-electron chi connectivity index (χ1n) is 3.85. The van der Waals surface area contributed by atoms with Gasteiger partial charge in [-0.25, -0.2) is 0 Å². The number of alkyl halides is 1. The van der Waals surface area contributed by atoms with Gasteiger partial charge < -0.3 is 10.5 Å². The van der Waals surface area contributed by atoms with Gasteiger partial charge in [0.15, 0.2) is 0 Å². The first kappa shape index (κ1) is 9.39. The van der Waals surface area contributed by atoms with E-state index in [0.717, 1.165) is 22.3 Å². The van der Waals surface area contributed by atoms with Crippen molar-refractivity contribution in [1.29, 1.82) is 0 Å². The molecule has 66 valence electrons. The van der Waals surface area contributed by atoms with E-state index >= 15 is 0 Å². The Balaban J connectivity index is 2.94. The molecule has 0 bridgehead atoms. The van der Waals surface area contributed by atoms with Gasteiger partial charge in [0, 0.05) is 16.6 Å². The topological polar surface area (TPSA) is 35.2 Å². The molecule has 0 saturated carbocycles. The molecular weight excluding hydrogens is 218 g/mol. The van der Waals surface area contributed by atoms with E-state index in [1.807, 2.05) is 25.1 Å². The van der Waals surface area contributed by atoms with Crippen molar-refractivity contribution in [2.24, 2.45) is 0 Å². The first-order valence-corrected chi connectivity index (χ1v) is 4.97. The number of anilines is 1. The summed E-state index contributed by atoms with van der Waals surface area (Å²) in [6, 6.07) is 5.66. The number of nitrogen functional groups attached to an aromatic ring is 1. The lowest BCUT2D eigenvalue weighted by molar-refractivity contribution is 0.338. The summed E-state index contributed by atoms with van der Waals surface area (Å²) in [4.78, 5) is 0. The quantitative estimate of drug-likeness (QED) is 0.639. The molecule has 1 aromatic rings. The van der Waals surface area contributed by atoms with Crippen LogP contribution < -0.4 is 10.5 Å². The second kappa shape index (κ2) is 4.36. The minimum absolute atomic E-state index is 0.684. The Kier molecular flexibility index (Phi) is 3.41. The van der Waals surface area contributed by atoms with Crippen LogP contribution in [-0.4, -0.2) is 6.61 Å². The molecule has 1 rings (SSSR count). The third-order valence-electron chi connectivity index (χ3n) is 1.53. The number of hydrogen-bond acceptors (Lipinski definition) is 2. The van der Waals surface area contributed by atoms with Gasteiger partial charge in [-0.2, -0.15) is 0 Å². The van der Waals surface area contributed by atoms with Crippen LogP contribution in [0.15, 0.2) is 18.2 Å². The van der Waals surface area contributed by atoms with Gasteiger partial charge in [0.1, 0.15) is 5.75 Å². The van der Waals surface area contributed by atoms with Crippen LogP contribution in [0.2, 0.25) is 0 Å². The molecule has 0 amide bonds. The molecule has 1 aromatic carbocycles. The molecule has 0 aliphatic rings. The molecular formula is C9H12BrNO. The average Bonchev–Trinajstić information content (AvgIpc) is 2.08. The van der Waals surface area contributed by atoms with Crippen LogP contribution in [0.1, 0.15) is 12.5 Å². The maximum absolute atomic E-state index is 5.62. The molecule has 0 radical (unpaired) electrons. The van der Waals surface area contributed by atoms with Crippen LogP contribution in [0.3, 0.4) is 0 Å². The number of benzene rings is 1. The third kappa shape index (κ3) is 2.14. The summed E-state index contributed by atoms with van der Waals surface area (Å²) in [6.45, 7) is 2.65. The largest absolute Gasteiger partial charge is 0.494 e. The molecule has 0 aliphatic carbocycles. The van der Waals surface area contributed by atoms with E-state index in [9.17, 15) is 0 Å². The summed E-state index contributed by atoms with van der Waals surface area (Å²) in [5.41, 5.74) is 7.49. The molecule has 0 fully saturated rings. The van der Waals surface area contributed by atoms with Crippen LogP contribution >= 0.6 is 15.9 Å². The monoisotopic (exact) mass is 229 g/mol. The molecule has 0 aliphatic heterocycles. The summed E-state index contributed by atoms with van der Waals surface area (Å²) in [5.74, 6) is 0.906. The molecule has 3 heteroatoms. The van der Waals surface area contributed by atoms with Crippen molar-refractivity contribution in [3.05, 3.63) is 23.8 Å². The summed E-state index contributed by atoms with van der Waals surface area (Å²) < 4.78 is 5.40. The summed E-state index contributed by atoms with van der Waals surface area (Å²) in [5, 5.41) is 0.771. The van der Waals surface area contributed by atoms with E-state index in [4.69, 9.17) is 10.5 Å².